The lowest BCUT2D eigenvalue weighted by atomic mass is 9.79. The second-order valence-electron chi connectivity index (χ2n) is 4.57. The zero-order chi connectivity index (χ0) is 11.9. The summed E-state index contributed by atoms with van der Waals surface area (Å²) in [5.74, 6) is 0.738. The highest BCUT2D eigenvalue weighted by atomic mass is 15.5. The zero-order valence-electron chi connectivity index (χ0n) is 9.50. The van der Waals surface area contributed by atoms with Crippen LogP contribution in [0.1, 0.15) is 19.3 Å². The third-order valence-corrected chi connectivity index (χ3v) is 3.46. The molecule has 0 radical (unpaired) electrons. The fourth-order valence-electron chi connectivity index (χ4n) is 2.44. The summed E-state index contributed by atoms with van der Waals surface area (Å²) in [5, 5.41) is 7.53. The lowest BCUT2D eigenvalue weighted by Crippen LogP contribution is -2.57. The Morgan fingerprint density at radius 1 is 1.41 bits per heavy atom. The quantitative estimate of drug-likeness (QED) is 0.671. The van der Waals surface area contributed by atoms with Crippen LogP contribution in [0.15, 0.2) is 35.3 Å². The Hall–Kier alpha value is -1.98. The summed E-state index contributed by atoms with van der Waals surface area (Å²) in [6.07, 6.45) is 8.70. The summed E-state index contributed by atoms with van der Waals surface area (Å²) in [7, 11) is 0. The third-order valence-electron chi connectivity index (χ3n) is 3.46. The van der Waals surface area contributed by atoms with Gasteiger partial charge in [0.25, 0.3) is 0 Å². The van der Waals surface area contributed by atoms with E-state index < -0.39 is 5.79 Å². The van der Waals surface area contributed by atoms with E-state index in [4.69, 9.17) is 11.5 Å². The van der Waals surface area contributed by atoms with Crippen molar-refractivity contribution in [2.45, 2.75) is 25.0 Å². The van der Waals surface area contributed by atoms with E-state index in [9.17, 15) is 0 Å². The average Bonchev–Trinajstić information content (AvgIpc) is 2.64. The van der Waals surface area contributed by atoms with Gasteiger partial charge in [-0.3, -0.25) is 0 Å². The molecule has 0 bridgehead atoms. The molecule has 5 N–H and O–H groups in total. The minimum atomic E-state index is -0.634. The third kappa shape index (κ3) is 1.48. The van der Waals surface area contributed by atoms with Crippen LogP contribution in [0.2, 0.25) is 0 Å². The number of nitrogens with zero attached hydrogens (tertiary/aromatic N) is 3. The fraction of sp³-hybridized carbons (Fsp3) is 0.455. The first-order chi connectivity index (χ1) is 8.21. The molecule has 0 aromatic carbocycles. The summed E-state index contributed by atoms with van der Waals surface area (Å²) in [4.78, 5) is 4.56. The SMILES string of the molecule is NC1=CC(N)=NC(C2CCC2)(n2cccn2)N1. The van der Waals surface area contributed by atoms with Gasteiger partial charge in [-0.15, -0.1) is 0 Å². The van der Waals surface area contributed by atoms with E-state index in [1.165, 1.54) is 6.42 Å². The summed E-state index contributed by atoms with van der Waals surface area (Å²) < 4.78 is 1.81. The van der Waals surface area contributed by atoms with Crippen LogP contribution >= 0.6 is 0 Å². The Balaban J connectivity index is 2.06. The molecule has 2 aliphatic rings. The molecule has 2 heterocycles. The number of aliphatic imine (C=N–C) groups is 1. The van der Waals surface area contributed by atoms with Crippen molar-refractivity contribution in [3.63, 3.8) is 0 Å². The van der Waals surface area contributed by atoms with Crippen LogP contribution in [-0.4, -0.2) is 15.6 Å². The molecule has 1 aliphatic carbocycles. The summed E-state index contributed by atoms with van der Waals surface area (Å²) >= 11 is 0. The molecule has 1 aromatic rings. The fourth-order valence-corrected chi connectivity index (χ4v) is 2.44. The number of nitrogens with two attached hydrogens (primary N) is 2. The highest BCUT2D eigenvalue weighted by molar-refractivity contribution is 5.92. The van der Waals surface area contributed by atoms with Crippen LogP contribution in [0, 0.1) is 5.92 Å². The first-order valence-electron chi connectivity index (χ1n) is 5.81. The van der Waals surface area contributed by atoms with Crippen LogP contribution < -0.4 is 16.8 Å². The molecule has 0 saturated heterocycles. The molecule has 6 heteroatoms. The van der Waals surface area contributed by atoms with Gasteiger partial charge in [-0.25, -0.2) is 9.67 Å². The largest absolute Gasteiger partial charge is 0.385 e. The maximum absolute atomic E-state index is 5.87. The normalized spacial score (nSPS) is 28.9. The molecular weight excluding hydrogens is 216 g/mol. The zero-order valence-corrected chi connectivity index (χ0v) is 9.50. The summed E-state index contributed by atoms with van der Waals surface area (Å²) in [6, 6.07) is 1.88. The van der Waals surface area contributed by atoms with Crippen molar-refractivity contribution in [1.82, 2.24) is 15.1 Å². The van der Waals surface area contributed by atoms with Gasteiger partial charge in [0.2, 0.25) is 5.79 Å². The van der Waals surface area contributed by atoms with Crippen molar-refractivity contribution in [3.05, 3.63) is 30.4 Å². The van der Waals surface area contributed by atoms with Crippen molar-refractivity contribution < 1.29 is 0 Å². The standard InChI is InChI=1S/C11H16N6/c12-9-7-10(13)16-11(15-9,8-3-1-4-8)17-6-2-5-14-17/h2,5-8,15H,1,3-4,12H2,(H2,13,16). The van der Waals surface area contributed by atoms with Gasteiger partial charge in [-0.05, 0) is 18.9 Å². The maximum Gasteiger partial charge on any atom is 0.232 e. The Labute approximate surface area is 99.4 Å². The Kier molecular flexibility index (Phi) is 2.10. The second-order valence-corrected chi connectivity index (χ2v) is 4.57. The number of rotatable bonds is 2. The monoisotopic (exact) mass is 232 g/mol. The topological polar surface area (TPSA) is 94.3 Å². The van der Waals surface area contributed by atoms with E-state index >= 15 is 0 Å². The van der Waals surface area contributed by atoms with Crippen LogP contribution in [0.25, 0.3) is 0 Å². The predicted molar refractivity (Wildman–Crippen MR) is 64.6 cm³/mol. The molecule has 6 nitrogen and oxygen atoms in total. The molecule has 0 amide bonds. The molecule has 1 aliphatic heterocycles. The molecule has 3 rings (SSSR count). The van der Waals surface area contributed by atoms with Gasteiger partial charge < -0.3 is 16.8 Å². The molecule has 1 aromatic heterocycles. The van der Waals surface area contributed by atoms with Crippen LogP contribution in [0.5, 0.6) is 0 Å². The first kappa shape index (κ1) is 10.2. The van der Waals surface area contributed by atoms with E-state index in [0.29, 0.717) is 17.6 Å². The number of aromatic nitrogens is 2. The highest BCUT2D eigenvalue weighted by Crippen LogP contribution is 2.41. The van der Waals surface area contributed by atoms with E-state index in [2.05, 4.69) is 15.4 Å². The van der Waals surface area contributed by atoms with E-state index in [1.54, 1.807) is 12.3 Å². The average molecular weight is 232 g/mol. The van der Waals surface area contributed by atoms with Crippen LogP contribution in [0.3, 0.4) is 0 Å². The Morgan fingerprint density at radius 3 is 2.76 bits per heavy atom. The van der Waals surface area contributed by atoms with Crippen LogP contribution in [-0.2, 0) is 5.79 Å². The van der Waals surface area contributed by atoms with Crippen molar-refractivity contribution in [2.75, 3.05) is 0 Å². The summed E-state index contributed by atoms with van der Waals surface area (Å²) in [6.45, 7) is 0. The van der Waals surface area contributed by atoms with Crippen molar-refractivity contribution in [3.8, 4) is 0 Å². The minimum Gasteiger partial charge on any atom is -0.385 e. The van der Waals surface area contributed by atoms with E-state index in [0.717, 1.165) is 12.8 Å². The van der Waals surface area contributed by atoms with Gasteiger partial charge in [0, 0.05) is 24.4 Å². The van der Waals surface area contributed by atoms with Gasteiger partial charge in [-0.1, -0.05) is 6.42 Å². The Bertz CT molecular complexity index is 470. The van der Waals surface area contributed by atoms with Gasteiger partial charge in [0.1, 0.15) is 11.7 Å². The van der Waals surface area contributed by atoms with Crippen molar-refractivity contribution in [2.24, 2.45) is 22.4 Å². The minimum absolute atomic E-state index is 0.383. The van der Waals surface area contributed by atoms with Gasteiger partial charge in [0.15, 0.2) is 0 Å². The predicted octanol–water partition coefficient (Wildman–Crippen LogP) is 0.0540. The van der Waals surface area contributed by atoms with E-state index in [-0.39, 0.29) is 0 Å². The second kappa shape index (κ2) is 3.51. The molecular formula is C11H16N6. The van der Waals surface area contributed by atoms with E-state index in [1.807, 2.05) is 16.9 Å². The molecule has 17 heavy (non-hydrogen) atoms. The number of hydrogen-bond acceptors (Lipinski definition) is 5. The lowest BCUT2D eigenvalue weighted by Gasteiger charge is -2.44. The molecule has 90 valence electrons. The van der Waals surface area contributed by atoms with Crippen LogP contribution in [0.4, 0.5) is 0 Å². The molecule has 1 atom stereocenters. The van der Waals surface area contributed by atoms with Gasteiger partial charge >= 0.3 is 0 Å². The van der Waals surface area contributed by atoms with Gasteiger partial charge in [0.05, 0.1) is 0 Å². The smallest absolute Gasteiger partial charge is 0.232 e. The molecule has 1 saturated carbocycles. The number of nitrogens with one attached hydrogen (secondary N) is 1. The van der Waals surface area contributed by atoms with Gasteiger partial charge in [-0.2, -0.15) is 5.10 Å². The lowest BCUT2D eigenvalue weighted by molar-refractivity contribution is 0.0595. The summed E-state index contributed by atoms with van der Waals surface area (Å²) in [5.41, 5.74) is 11.7. The molecule has 0 spiro atoms. The number of amidine groups is 1. The number of hydrogen-bond donors (Lipinski definition) is 3. The molecule has 1 unspecified atom stereocenters. The highest BCUT2D eigenvalue weighted by Gasteiger charge is 2.45. The molecule has 1 fully saturated rings. The maximum atomic E-state index is 5.87. The first-order valence-corrected chi connectivity index (χ1v) is 5.81. The Morgan fingerprint density at radius 2 is 2.24 bits per heavy atom. The van der Waals surface area contributed by atoms with Crippen molar-refractivity contribution >= 4 is 5.84 Å². The van der Waals surface area contributed by atoms with Crippen molar-refractivity contribution in [1.29, 1.82) is 0 Å².